The zero-order valence-corrected chi connectivity index (χ0v) is 35.1. The molecule has 0 amide bonds. The smallest absolute Gasteiger partial charge is 0.457 e. The zero-order valence-electron chi connectivity index (χ0n) is 34.2. The van der Waals surface area contributed by atoms with Gasteiger partial charge in [0.15, 0.2) is 0 Å². The molecule has 0 aliphatic rings. The number of hydrogen-bond donors (Lipinski definition) is 1. The highest BCUT2D eigenvalue weighted by molar-refractivity contribution is 7.47. The number of phosphoric acid groups is 1. The molecule has 0 bridgehead atoms. The molecule has 0 aliphatic carbocycles. The van der Waals surface area contributed by atoms with Gasteiger partial charge in [0.2, 0.25) is 0 Å². The first-order valence-electron chi connectivity index (χ1n) is 20.3. The molecule has 2 unspecified atom stereocenters. The van der Waals surface area contributed by atoms with Crippen LogP contribution in [0.2, 0.25) is 0 Å². The van der Waals surface area contributed by atoms with E-state index in [-0.39, 0.29) is 25.8 Å². The number of nitrogens with zero attached hydrogens (tertiary/aromatic N) is 1. The van der Waals surface area contributed by atoms with Gasteiger partial charge in [0.25, 0.3) is 0 Å². The van der Waals surface area contributed by atoms with Gasteiger partial charge in [-0.15, -0.1) is 0 Å². The van der Waals surface area contributed by atoms with Gasteiger partial charge in [0.05, 0.1) is 34.4 Å². The Bertz CT molecular complexity index is 1120. The van der Waals surface area contributed by atoms with Gasteiger partial charge in [0.1, 0.15) is 19.3 Å². The van der Waals surface area contributed by atoms with E-state index in [2.05, 4.69) is 98.9 Å². The predicted molar refractivity (Wildman–Crippen MR) is 224 cm³/mol. The Morgan fingerprint density at radius 1 is 0.604 bits per heavy atom. The van der Waals surface area contributed by atoms with Crippen LogP contribution in [0, 0.1) is 0 Å². The van der Waals surface area contributed by atoms with E-state index in [0.29, 0.717) is 24.1 Å². The number of hydrogen-bond acceptors (Lipinski definition) is 6. The maximum Gasteiger partial charge on any atom is 0.472 e. The van der Waals surface area contributed by atoms with Crippen LogP contribution in [0.15, 0.2) is 85.1 Å². The lowest BCUT2D eigenvalue weighted by molar-refractivity contribution is -0.870. The minimum absolute atomic E-state index is 0.0757. The highest BCUT2D eigenvalue weighted by Crippen LogP contribution is 2.43. The van der Waals surface area contributed by atoms with Crippen molar-refractivity contribution in [3.8, 4) is 0 Å². The monoisotopic (exact) mass is 763 g/mol. The van der Waals surface area contributed by atoms with Gasteiger partial charge >= 0.3 is 13.8 Å². The molecule has 8 nitrogen and oxygen atoms in total. The summed E-state index contributed by atoms with van der Waals surface area (Å²) in [5, 5.41) is 0. The van der Waals surface area contributed by atoms with Crippen molar-refractivity contribution in [1.29, 1.82) is 0 Å². The van der Waals surface area contributed by atoms with E-state index in [1.807, 2.05) is 21.1 Å². The molecule has 0 aromatic rings. The van der Waals surface area contributed by atoms with Crippen molar-refractivity contribution in [2.24, 2.45) is 0 Å². The fourth-order valence-electron chi connectivity index (χ4n) is 4.82. The number of likely N-dealkylation sites (N-methyl/N-ethyl adjacent to an activating group) is 1. The Hall–Kier alpha value is -2.32. The molecule has 1 N–H and O–H groups in total. The SMILES string of the molecule is CC/C=C\C/C=C\C/C=C\C/C=C\C/C=C\C/C=C\C/C=C\CCCCOCC(COP(=O)(O)OCC[N+](C)(C)C)OC(=O)CCCCCCCCC. The Morgan fingerprint density at radius 2 is 1.09 bits per heavy atom. The van der Waals surface area contributed by atoms with Gasteiger partial charge in [-0.1, -0.05) is 137 Å². The second-order valence-corrected chi connectivity index (χ2v) is 15.7. The average Bonchev–Trinajstić information content (AvgIpc) is 3.11. The lowest BCUT2D eigenvalue weighted by Crippen LogP contribution is -2.37. The molecule has 53 heavy (non-hydrogen) atoms. The molecule has 0 saturated heterocycles. The van der Waals surface area contributed by atoms with Crippen LogP contribution in [0.5, 0.6) is 0 Å². The lowest BCUT2D eigenvalue weighted by atomic mass is 10.1. The summed E-state index contributed by atoms with van der Waals surface area (Å²) < 4.78 is 34.7. The molecule has 0 aromatic heterocycles. The van der Waals surface area contributed by atoms with Crippen molar-refractivity contribution in [3.63, 3.8) is 0 Å². The summed E-state index contributed by atoms with van der Waals surface area (Å²) in [5.41, 5.74) is 0. The van der Waals surface area contributed by atoms with E-state index in [4.69, 9.17) is 18.5 Å². The van der Waals surface area contributed by atoms with Crippen LogP contribution >= 0.6 is 7.82 Å². The van der Waals surface area contributed by atoms with Crippen LogP contribution in [0.4, 0.5) is 0 Å². The number of phosphoric ester groups is 1. The largest absolute Gasteiger partial charge is 0.472 e. The number of unbranched alkanes of at least 4 members (excludes halogenated alkanes) is 8. The number of carbonyl (C=O) groups is 1. The molecule has 0 aromatic carbocycles. The van der Waals surface area contributed by atoms with Gasteiger partial charge in [0, 0.05) is 13.0 Å². The van der Waals surface area contributed by atoms with Gasteiger partial charge in [-0.05, 0) is 70.6 Å². The van der Waals surface area contributed by atoms with E-state index in [9.17, 15) is 14.3 Å². The molecule has 0 heterocycles. The van der Waals surface area contributed by atoms with Crippen molar-refractivity contribution in [2.75, 3.05) is 54.1 Å². The summed E-state index contributed by atoms with van der Waals surface area (Å²) in [6.45, 7) is 5.31. The van der Waals surface area contributed by atoms with E-state index in [1.54, 1.807) is 0 Å². The van der Waals surface area contributed by atoms with Crippen molar-refractivity contribution in [3.05, 3.63) is 85.1 Å². The van der Waals surface area contributed by atoms with Crippen molar-refractivity contribution in [1.82, 2.24) is 0 Å². The van der Waals surface area contributed by atoms with Gasteiger partial charge < -0.3 is 18.9 Å². The molecule has 0 spiro atoms. The van der Waals surface area contributed by atoms with Crippen LogP contribution in [0.25, 0.3) is 0 Å². The topological polar surface area (TPSA) is 91.3 Å². The maximum absolute atomic E-state index is 12.5. The van der Waals surface area contributed by atoms with Crippen LogP contribution < -0.4 is 0 Å². The molecule has 2 atom stereocenters. The van der Waals surface area contributed by atoms with Gasteiger partial charge in [-0.3, -0.25) is 13.8 Å². The summed E-state index contributed by atoms with van der Waals surface area (Å²) in [4.78, 5) is 22.7. The normalized spacial score (nSPS) is 14.8. The Balaban J connectivity index is 4.25. The van der Waals surface area contributed by atoms with Crippen LogP contribution in [0.1, 0.15) is 129 Å². The lowest BCUT2D eigenvalue weighted by Gasteiger charge is -2.24. The predicted octanol–water partition coefficient (Wildman–Crippen LogP) is 11.7. The number of rotatable bonds is 36. The summed E-state index contributed by atoms with van der Waals surface area (Å²) in [5.74, 6) is -0.341. The quantitative estimate of drug-likeness (QED) is 0.0223. The molecule has 9 heteroatoms. The van der Waals surface area contributed by atoms with E-state index in [0.717, 1.165) is 83.5 Å². The average molecular weight is 763 g/mol. The third kappa shape index (κ3) is 40.7. The van der Waals surface area contributed by atoms with E-state index >= 15 is 0 Å². The fraction of sp³-hybridized carbons (Fsp3) is 0.659. The molecule has 0 fully saturated rings. The molecule has 0 aliphatic heterocycles. The Labute approximate surface area is 325 Å². The van der Waals surface area contributed by atoms with E-state index in [1.165, 1.54) is 25.7 Å². The highest BCUT2D eigenvalue weighted by atomic mass is 31.2. The van der Waals surface area contributed by atoms with Crippen molar-refractivity contribution >= 4 is 13.8 Å². The Morgan fingerprint density at radius 3 is 1.60 bits per heavy atom. The number of carbonyl (C=O) groups excluding carboxylic acids is 1. The Kier molecular flexibility index (Phi) is 35.0. The minimum atomic E-state index is -4.28. The minimum Gasteiger partial charge on any atom is -0.457 e. The summed E-state index contributed by atoms with van der Waals surface area (Å²) in [7, 11) is 1.62. The second kappa shape index (κ2) is 36.6. The van der Waals surface area contributed by atoms with Crippen LogP contribution in [-0.4, -0.2) is 75.6 Å². The van der Waals surface area contributed by atoms with E-state index < -0.39 is 13.9 Å². The van der Waals surface area contributed by atoms with Gasteiger partial charge in [-0.25, -0.2) is 4.57 Å². The van der Waals surface area contributed by atoms with Crippen LogP contribution in [0.3, 0.4) is 0 Å². The first-order chi connectivity index (χ1) is 25.6. The molecule has 0 saturated carbocycles. The number of quaternary nitrogens is 1. The summed E-state index contributed by atoms with van der Waals surface area (Å²) >= 11 is 0. The molecule has 0 rings (SSSR count). The van der Waals surface area contributed by atoms with Crippen LogP contribution in [-0.2, 0) is 27.9 Å². The highest BCUT2D eigenvalue weighted by Gasteiger charge is 2.26. The third-order valence-corrected chi connectivity index (χ3v) is 8.96. The molecule has 0 radical (unpaired) electrons. The number of ether oxygens (including phenoxy) is 2. The fourth-order valence-corrected chi connectivity index (χ4v) is 5.57. The molecular weight excluding hydrogens is 685 g/mol. The third-order valence-electron chi connectivity index (χ3n) is 7.97. The molecular formula is C44H77NO7P+. The first-order valence-corrected chi connectivity index (χ1v) is 21.8. The van der Waals surface area contributed by atoms with Crippen molar-refractivity contribution in [2.45, 2.75) is 136 Å². The second-order valence-electron chi connectivity index (χ2n) is 14.3. The first kappa shape index (κ1) is 50.7. The summed E-state index contributed by atoms with van der Waals surface area (Å²) in [6, 6.07) is 0. The zero-order chi connectivity index (χ0) is 39.1. The van der Waals surface area contributed by atoms with Crippen molar-refractivity contribution < 1.29 is 37.3 Å². The summed E-state index contributed by atoms with van der Waals surface area (Å²) in [6.07, 6.45) is 47.9. The maximum atomic E-state index is 12.5. The number of esters is 1. The van der Waals surface area contributed by atoms with Gasteiger partial charge in [-0.2, -0.15) is 0 Å². The molecule has 304 valence electrons. The number of allylic oxidation sites excluding steroid dienone is 14. The standard InChI is InChI=1S/C44H76NO7P/c1-6-8-10-12-14-15-16-17-18-19-20-21-22-23-24-25-26-27-28-29-30-32-34-36-39-49-41-43(42-51-53(47,48)50-40-38-45(3,4)5)52-44(46)37-35-33-31-13-11-9-7-2/h8,10,14-15,17-18,20-21,23-24,26-27,29-30,43H,6-7,9,11-13,16,19,22,25,28,31-42H2,1-5H3/p+1/b10-8-,15-14-,18-17-,21-20-,24-23-,27-26-,30-29-.